The third-order valence-electron chi connectivity index (χ3n) is 1.25. The van der Waals surface area contributed by atoms with Gasteiger partial charge in [0.2, 0.25) is 0 Å². The summed E-state index contributed by atoms with van der Waals surface area (Å²) in [5.74, 6) is 0. The van der Waals surface area contributed by atoms with Crippen LogP contribution in [0.2, 0.25) is 0 Å². The molecule has 5 N–H and O–H groups in total. The van der Waals surface area contributed by atoms with E-state index in [2.05, 4.69) is 10.9 Å². The van der Waals surface area contributed by atoms with E-state index in [0.717, 1.165) is 0 Å². The lowest BCUT2D eigenvalue weighted by Gasteiger charge is -2.01. The van der Waals surface area contributed by atoms with Crippen molar-refractivity contribution in [3.05, 3.63) is 29.8 Å². The topological polar surface area (TPSA) is 149 Å². The van der Waals surface area contributed by atoms with Gasteiger partial charge in [0, 0.05) is 0 Å². The van der Waals surface area contributed by atoms with Gasteiger partial charge in [-0.05, 0) is 18.2 Å². The van der Waals surface area contributed by atoms with Crippen LogP contribution >= 0.6 is 7.82 Å². The number of nitriles is 2. The van der Waals surface area contributed by atoms with Crippen molar-refractivity contribution in [2.45, 2.75) is 0 Å². The van der Waals surface area contributed by atoms with E-state index < -0.39 is 7.82 Å². The van der Waals surface area contributed by atoms with Crippen LogP contribution in [0.25, 0.3) is 0 Å². The van der Waals surface area contributed by atoms with Crippen LogP contribution in [0.1, 0.15) is 5.56 Å². The molecule has 0 aromatic heterocycles. The fourth-order valence-corrected chi connectivity index (χ4v) is 0.767. The van der Waals surface area contributed by atoms with Crippen LogP contribution in [-0.2, 0) is 4.57 Å². The Balaban J connectivity index is 0.000000437. The summed E-state index contributed by atoms with van der Waals surface area (Å²) in [7, 11) is -4.64. The number of rotatable bonds is 2. The lowest BCUT2D eigenvalue weighted by molar-refractivity contribution is 0.275. The number of hydrogen-bond acceptors (Lipinski definition) is 5. The Kier molecular flexibility index (Phi) is 6.34. The second kappa shape index (κ2) is 7.23. The summed E-state index contributed by atoms with van der Waals surface area (Å²) in [6.07, 6.45) is 1.71. The van der Waals surface area contributed by atoms with Crippen LogP contribution in [0.5, 0.6) is 0 Å². The molecular weight excluding hydrogens is 247 g/mol. The SMILES string of the molecule is N#CNNc1cccc(C#N)c1.O=P(O)(O)O. The van der Waals surface area contributed by atoms with E-state index >= 15 is 0 Å². The average molecular weight is 256 g/mol. The summed E-state index contributed by atoms with van der Waals surface area (Å²) in [5.41, 5.74) is 6.11. The largest absolute Gasteiger partial charge is 0.466 e. The van der Waals surface area contributed by atoms with Gasteiger partial charge in [-0.1, -0.05) is 6.07 Å². The molecule has 0 aliphatic heterocycles. The van der Waals surface area contributed by atoms with Gasteiger partial charge in [0.15, 0.2) is 6.19 Å². The summed E-state index contributed by atoms with van der Waals surface area (Å²) in [6, 6.07) is 8.82. The summed E-state index contributed by atoms with van der Waals surface area (Å²) in [5, 5.41) is 16.7. The maximum absolute atomic E-state index is 8.88. The van der Waals surface area contributed by atoms with E-state index in [-0.39, 0.29) is 0 Å². The Bertz CT molecular complexity index is 479. The minimum Gasteiger partial charge on any atom is -0.303 e. The Morgan fingerprint density at radius 3 is 2.29 bits per heavy atom. The number of hydrogen-bond donors (Lipinski definition) is 5. The lowest BCUT2D eigenvalue weighted by atomic mass is 10.2. The highest BCUT2D eigenvalue weighted by molar-refractivity contribution is 7.45. The molecule has 8 nitrogen and oxygen atoms in total. The highest BCUT2D eigenvalue weighted by Gasteiger charge is 2.00. The molecule has 90 valence electrons. The highest BCUT2D eigenvalue weighted by atomic mass is 31.2. The first kappa shape index (κ1) is 14.9. The normalized spacial score (nSPS) is 9.00. The van der Waals surface area contributed by atoms with Crippen LogP contribution in [0.4, 0.5) is 5.69 Å². The van der Waals surface area contributed by atoms with E-state index in [9.17, 15) is 0 Å². The number of phosphoric acid groups is 1. The van der Waals surface area contributed by atoms with Gasteiger partial charge >= 0.3 is 7.82 Å². The fourth-order valence-electron chi connectivity index (χ4n) is 0.767. The van der Waals surface area contributed by atoms with Crippen molar-refractivity contribution in [3.63, 3.8) is 0 Å². The minimum absolute atomic E-state index is 0.555. The van der Waals surface area contributed by atoms with Crippen molar-refractivity contribution >= 4 is 13.5 Å². The van der Waals surface area contributed by atoms with Crippen LogP contribution in [-0.4, -0.2) is 14.7 Å². The Morgan fingerprint density at radius 2 is 1.82 bits per heavy atom. The quantitative estimate of drug-likeness (QED) is 0.215. The Labute approximate surface area is 97.0 Å². The van der Waals surface area contributed by atoms with Gasteiger partial charge in [0.25, 0.3) is 0 Å². The second-order valence-electron chi connectivity index (χ2n) is 2.57. The van der Waals surface area contributed by atoms with E-state index in [1.54, 1.807) is 30.5 Å². The van der Waals surface area contributed by atoms with Gasteiger partial charge in [-0.3, -0.25) is 5.43 Å². The number of anilines is 1. The summed E-state index contributed by atoms with van der Waals surface area (Å²) < 4.78 is 8.88. The molecule has 0 unspecified atom stereocenters. The van der Waals surface area contributed by atoms with Crippen molar-refractivity contribution in [2.24, 2.45) is 0 Å². The molecule has 0 amide bonds. The first-order valence-electron chi connectivity index (χ1n) is 4.05. The average Bonchev–Trinajstić information content (AvgIpc) is 2.24. The fraction of sp³-hybridized carbons (Fsp3) is 0. The summed E-state index contributed by atoms with van der Waals surface area (Å²) in [4.78, 5) is 21.6. The highest BCUT2D eigenvalue weighted by Crippen LogP contribution is 2.25. The Hall–Kier alpha value is -2.09. The van der Waals surface area contributed by atoms with Gasteiger partial charge in [-0.2, -0.15) is 10.5 Å². The Morgan fingerprint density at radius 1 is 1.24 bits per heavy atom. The van der Waals surface area contributed by atoms with Gasteiger partial charge < -0.3 is 14.7 Å². The molecule has 0 saturated carbocycles. The second-order valence-corrected chi connectivity index (χ2v) is 3.59. The molecule has 1 aromatic carbocycles. The number of hydrazine groups is 1. The molecule has 0 heterocycles. The van der Waals surface area contributed by atoms with Gasteiger partial charge in [-0.15, -0.1) is 0 Å². The maximum Gasteiger partial charge on any atom is 0.466 e. The van der Waals surface area contributed by atoms with Crippen LogP contribution in [0.15, 0.2) is 24.3 Å². The minimum atomic E-state index is -4.64. The zero-order valence-corrected chi connectivity index (χ0v) is 9.30. The predicted octanol–water partition coefficient (Wildman–Crippen LogP) is 0.0273. The van der Waals surface area contributed by atoms with E-state index in [1.165, 1.54) is 0 Å². The lowest BCUT2D eigenvalue weighted by Crippen LogP contribution is -2.14. The first-order valence-corrected chi connectivity index (χ1v) is 5.62. The standard InChI is InChI=1S/C8H6N4.H3O4P/c9-5-7-2-1-3-8(4-7)12-11-6-10;1-5(2,3)4/h1-4,11-12H;(H3,1,2,3,4). The molecule has 0 spiro atoms. The third kappa shape index (κ3) is 10.2. The number of nitrogens with zero attached hydrogens (tertiary/aromatic N) is 2. The molecular formula is C8H9N4O4P. The monoisotopic (exact) mass is 256 g/mol. The molecule has 0 atom stereocenters. The summed E-state index contributed by atoms with van der Waals surface area (Å²) in [6.45, 7) is 0. The molecule has 0 saturated heterocycles. The van der Waals surface area contributed by atoms with E-state index in [0.29, 0.717) is 11.3 Å². The number of nitrogens with one attached hydrogen (secondary N) is 2. The van der Waals surface area contributed by atoms with Crippen molar-refractivity contribution in [2.75, 3.05) is 5.43 Å². The summed E-state index contributed by atoms with van der Waals surface area (Å²) >= 11 is 0. The molecule has 0 radical (unpaired) electrons. The number of benzene rings is 1. The van der Waals surface area contributed by atoms with Crippen molar-refractivity contribution in [1.82, 2.24) is 5.43 Å². The van der Waals surface area contributed by atoms with E-state index in [1.807, 2.05) is 6.07 Å². The third-order valence-corrected chi connectivity index (χ3v) is 1.25. The zero-order valence-electron chi connectivity index (χ0n) is 8.40. The molecule has 0 bridgehead atoms. The molecule has 17 heavy (non-hydrogen) atoms. The van der Waals surface area contributed by atoms with Gasteiger partial charge in [-0.25, -0.2) is 9.99 Å². The maximum atomic E-state index is 8.88. The van der Waals surface area contributed by atoms with Crippen molar-refractivity contribution < 1.29 is 19.2 Å². The van der Waals surface area contributed by atoms with Gasteiger partial charge in [0.1, 0.15) is 0 Å². The molecule has 1 rings (SSSR count). The smallest absolute Gasteiger partial charge is 0.303 e. The van der Waals surface area contributed by atoms with Crippen molar-refractivity contribution in [3.8, 4) is 12.3 Å². The van der Waals surface area contributed by atoms with Crippen LogP contribution in [0, 0.1) is 22.8 Å². The van der Waals surface area contributed by atoms with Crippen molar-refractivity contribution in [1.29, 1.82) is 10.5 Å². The molecule has 0 aliphatic rings. The molecule has 9 heteroatoms. The predicted molar refractivity (Wildman–Crippen MR) is 57.8 cm³/mol. The first-order chi connectivity index (χ1) is 7.86. The van der Waals surface area contributed by atoms with Crippen LogP contribution in [0.3, 0.4) is 0 Å². The van der Waals surface area contributed by atoms with Crippen LogP contribution < -0.4 is 10.9 Å². The molecule has 0 aliphatic carbocycles. The zero-order chi connectivity index (χ0) is 13.3. The molecule has 0 fully saturated rings. The van der Waals surface area contributed by atoms with E-state index in [4.69, 9.17) is 29.8 Å². The molecule has 1 aromatic rings. The van der Waals surface area contributed by atoms with Gasteiger partial charge in [0.05, 0.1) is 17.3 Å².